The topological polar surface area (TPSA) is 41.3 Å². The van der Waals surface area contributed by atoms with E-state index in [-0.39, 0.29) is 0 Å². The van der Waals surface area contributed by atoms with Gasteiger partial charge in [-0.1, -0.05) is 12.1 Å². The zero-order valence-corrected chi connectivity index (χ0v) is 11.7. The lowest BCUT2D eigenvalue weighted by atomic mass is 9.97. The van der Waals surface area contributed by atoms with Gasteiger partial charge in [0.1, 0.15) is 5.52 Å². The van der Waals surface area contributed by atoms with Gasteiger partial charge in [0, 0.05) is 12.6 Å². The molecular weight excluding hydrogens is 250 g/mol. The van der Waals surface area contributed by atoms with Crippen LogP contribution in [0.15, 0.2) is 28.7 Å². The van der Waals surface area contributed by atoms with Crippen molar-refractivity contribution in [1.29, 1.82) is 0 Å². The average molecular weight is 271 g/mol. The number of para-hydroxylation sites is 2. The molecule has 0 atom stereocenters. The summed E-state index contributed by atoms with van der Waals surface area (Å²) in [4.78, 5) is 7.10. The monoisotopic (exact) mass is 271 g/mol. The Morgan fingerprint density at radius 2 is 1.95 bits per heavy atom. The summed E-state index contributed by atoms with van der Waals surface area (Å²) in [5.74, 6) is 0.770. The van der Waals surface area contributed by atoms with Crippen LogP contribution in [-0.2, 0) is 0 Å². The van der Waals surface area contributed by atoms with E-state index in [0.29, 0.717) is 6.04 Å². The van der Waals surface area contributed by atoms with E-state index in [1.807, 2.05) is 24.3 Å². The summed E-state index contributed by atoms with van der Waals surface area (Å²) < 4.78 is 5.97. The van der Waals surface area contributed by atoms with Crippen LogP contribution in [0.25, 0.3) is 11.1 Å². The summed E-state index contributed by atoms with van der Waals surface area (Å²) in [5, 5.41) is 3.44. The summed E-state index contributed by atoms with van der Waals surface area (Å²) in [7, 11) is 0. The van der Waals surface area contributed by atoms with Crippen molar-refractivity contribution in [3.05, 3.63) is 24.3 Å². The Morgan fingerprint density at radius 3 is 2.70 bits per heavy atom. The molecule has 2 heterocycles. The normalized spacial score (nSPS) is 20.4. The minimum absolute atomic E-state index is 0.651. The molecule has 0 bridgehead atoms. The molecule has 2 aromatic rings. The van der Waals surface area contributed by atoms with Crippen molar-refractivity contribution < 1.29 is 4.42 Å². The highest BCUT2D eigenvalue weighted by Crippen LogP contribution is 2.34. The van der Waals surface area contributed by atoms with Crippen molar-refractivity contribution in [3.8, 4) is 0 Å². The third-order valence-electron chi connectivity index (χ3n) is 4.43. The summed E-state index contributed by atoms with van der Waals surface area (Å²) in [5.41, 5.74) is 1.87. The van der Waals surface area contributed by atoms with Crippen LogP contribution in [0.3, 0.4) is 0 Å². The van der Waals surface area contributed by atoms with Gasteiger partial charge in [0.05, 0.1) is 0 Å². The molecule has 2 aliphatic rings. The fraction of sp³-hybridized carbons (Fsp3) is 0.562. The number of oxazole rings is 1. The second kappa shape index (κ2) is 5.09. The van der Waals surface area contributed by atoms with E-state index in [9.17, 15) is 0 Å². The van der Waals surface area contributed by atoms with Gasteiger partial charge in [0.25, 0.3) is 6.01 Å². The maximum atomic E-state index is 5.97. The van der Waals surface area contributed by atoms with Crippen LogP contribution in [0.4, 0.5) is 6.01 Å². The van der Waals surface area contributed by atoms with Gasteiger partial charge in [-0.25, -0.2) is 0 Å². The Balaban J connectivity index is 1.58. The molecule has 20 heavy (non-hydrogen) atoms. The molecular formula is C16H21N3O. The average Bonchev–Trinajstić information content (AvgIpc) is 3.24. The van der Waals surface area contributed by atoms with Crippen LogP contribution < -0.4 is 10.2 Å². The molecule has 0 unspecified atom stereocenters. The van der Waals surface area contributed by atoms with E-state index >= 15 is 0 Å². The largest absolute Gasteiger partial charge is 0.423 e. The third-order valence-corrected chi connectivity index (χ3v) is 4.43. The smallest absolute Gasteiger partial charge is 0.298 e. The summed E-state index contributed by atoms with van der Waals surface area (Å²) >= 11 is 0. The van der Waals surface area contributed by atoms with Gasteiger partial charge >= 0.3 is 0 Å². The fourth-order valence-corrected chi connectivity index (χ4v) is 3.09. The number of anilines is 1. The maximum Gasteiger partial charge on any atom is 0.298 e. The van der Waals surface area contributed by atoms with Crippen LogP contribution >= 0.6 is 0 Å². The summed E-state index contributed by atoms with van der Waals surface area (Å²) in [6, 6.07) is 9.53. The molecule has 1 aromatic heterocycles. The zero-order valence-electron chi connectivity index (χ0n) is 11.7. The molecule has 1 saturated carbocycles. The first-order valence-electron chi connectivity index (χ1n) is 7.73. The highest BCUT2D eigenvalue weighted by molar-refractivity contribution is 5.74. The van der Waals surface area contributed by atoms with Crippen LogP contribution in [0, 0.1) is 5.92 Å². The number of fused-ring (bicyclic) bond motifs is 1. The van der Waals surface area contributed by atoms with E-state index in [1.54, 1.807) is 0 Å². The van der Waals surface area contributed by atoms with Crippen molar-refractivity contribution in [2.24, 2.45) is 5.92 Å². The van der Waals surface area contributed by atoms with E-state index in [2.05, 4.69) is 15.2 Å². The third kappa shape index (κ3) is 2.40. The molecule has 4 heteroatoms. The summed E-state index contributed by atoms with van der Waals surface area (Å²) in [6.07, 6.45) is 5.10. The van der Waals surface area contributed by atoms with Gasteiger partial charge in [0.2, 0.25) is 0 Å². The maximum absolute atomic E-state index is 5.97. The van der Waals surface area contributed by atoms with Gasteiger partial charge in [-0.05, 0) is 56.8 Å². The minimum atomic E-state index is 0.651. The van der Waals surface area contributed by atoms with Gasteiger partial charge in [-0.15, -0.1) is 0 Å². The van der Waals surface area contributed by atoms with Crippen LogP contribution in [-0.4, -0.2) is 30.7 Å². The first-order chi connectivity index (χ1) is 9.90. The molecule has 106 valence electrons. The lowest BCUT2D eigenvalue weighted by molar-refractivity contribution is 0.365. The minimum Gasteiger partial charge on any atom is -0.423 e. The highest BCUT2D eigenvalue weighted by Gasteiger charge is 2.33. The van der Waals surface area contributed by atoms with Crippen molar-refractivity contribution in [3.63, 3.8) is 0 Å². The SMILES string of the molecule is c1ccc2oc(N(CC3CCNCC3)C3CC3)nc2c1. The number of hydrogen-bond donors (Lipinski definition) is 1. The molecule has 0 amide bonds. The Labute approximate surface area is 119 Å². The van der Waals surface area contributed by atoms with Crippen molar-refractivity contribution in [1.82, 2.24) is 10.3 Å². The number of benzene rings is 1. The summed E-state index contributed by atoms with van der Waals surface area (Å²) in [6.45, 7) is 3.40. The number of hydrogen-bond acceptors (Lipinski definition) is 4. The molecule has 1 aliphatic heterocycles. The first-order valence-corrected chi connectivity index (χ1v) is 7.73. The molecule has 4 nitrogen and oxygen atoms in total. The van der Waals surface area contributed by atoms with E-state index in [4.69, 9.17) is 4.42 Å². The van der Waals surface area contributed by atoms with Gasteiger partial charge in [0.15, 0.2) is 5.58 Å². The quantitative estimate of drug-likeness (QED) is 0.928. The zero-order chi connectivity index (χ0) is 13.4. The fourth-order valence-electron chi connectivity index (χ4n) is 3.09. The van der Waals surface area contributed by atoms with Crippen LogP contribution in [0.1, 0.15) is 25.7 Å². The molecule has 1 N–H and O–H groups in total. The van der Waals surface area contributed by atoms with Crippen molar-refractivity contribution in [2.45, 2.75) is 31.7 Å². The Hall–Kier alpha value is -1.55. The number of piperidine rings is 1. The molecule has 0 spiro atoms. The lowest BCUT2D eigenvalue weighted by Crippen LogP contribution is -2.37. The first kappa shape index (κ1) is 12.2. The molecule has 1 saturated heterocycles. The van der Waals surface area contributed by atoms with Gasteiger partial charge in [-0.3, -0.25) is 0 Å². The van der Waals surface area contributed by atoms with Gasteiger partial charge in [-0.2, -0.15) is 4.98 Å². The predicted octanol–water partition coefficient (Wildman–Crippen LogP) is 2.80. The lowest BCUT2D eigenvalue weighted by Gasteiger charge is -2.29. The predicted molar refractivity (Wildman–Crippen MR) is 80.0 cm³/mol. The van der Waals surface area contributed by atoms with Gasteiger partial charge < -0.3 is 14.6 Å². The Morgan fingerprint density at radius 1 is 1.15 bits per heavy atom. The van der Waals surface area contributed by atoms with Crippen molar-refractivity contribution >= 4 is 17.1 Å². The Kier molecular flexibility index (Phi) is 3.11. The standard InChI is InChI=1S/C16H21N3O/c1-2-4-15-14(3-1)18-16(20-15)19(13-5-6-13)11-12-7-9-17-10-8-12/h1-4,12-13,17H,5-11H2. The molecule has 1 aliphatic carbocycles. The number of nitrogens with zero attached hydrogens (tertiary/aromatic N) is 2. The number of rotatable bonds is 4. The van der Waals surface area contributed by atoms with E-state index < -0.39 is 0 Å². The second-order valence-electron chi connectivity index (χ2n) is 6.04. The van der Waals surface area contributed by atoms with Crippen LogP contribution in [0.5, 0.6) is 0 Å². The molecule has 4 rings (SSSR count). The van der Waals surface area contributed by atoms with E-state index in [1.165, 1.54) is 25.7 Å². The van der Waals surface area contributed by atoms with Crippen LogP contribution in [0.2, 0.25) is 0 Å². The van der Waals surface area contributed by atoms with Crippen molar-refractivity contribution in [2.75, 3.05) is 24.5 Å². The van der Waals surface area contributed by atoms with E-state index in [0.717, 1.165) is 42.7 Å². The molecule has 2 fully saturated rings. The Bertz CT molecular complexity index is 551. The molecule has 1 aromatic carbocycles. The molecule has 0 radical (unpaired) electrons. The number of nitrogens with one attached hydrogen (secondary N) is 1. The second-order valence-corrected chi connectivity index (χ2v) is 6.04. The highest BCUT2D eigenvalue weighted by atomic mass is 16.4. The number of aromatic nitrogens is 1.